The van der Waals surface area contributed by atoms with E-state index in [2.05, 4.69) is 29.4 Å². The van der Waals surface area contributed by atoms with Crippen LogP contribution in [0.2, 0.25) is 0 Å². The number of anilines is 1. The maximum absolute atomic E-state index is 11.9. The molecule has 19 heavy (non-hydrogen) atoms. The molecule has 7 heteroatoms. The van der Waals surface area contributed by atoms with Crippen molar-refractivity contribution in [3.63, 3.8) is 0 Å². The molecule has 0 bridgehead atoms. The highest BCUT2D eigenvalue weighted by Crippen LogP contribution is 2.29. The number of aromatic nitrogens is 2. The van der Waals surface area contributed by atoms with Gasteiger partial charge in [0.25, 0.3) is 0 Å². The maximum Gasteiger partial charge on any atom is 0.230 e. The summed E-state index contributed by atoms with van der Waals surface area (Å²) < 4.78 is 0.748. The van der Waals surface area contributed by atoms with Crippen molar-refractivity contribution in [1.82, 2.24) is 15.5 Å². The SMILES string of the molecule is C[C@@H]1[C@H](C)CCC[C@H]1NC(=O)CSc1nnc(N)s1. The summed E-state index contributed by atoms with van der Waals surface area (Å²) in [7, 11) is 0. The molecule has 0 radical (unpaired) electrons. The summed E-state index contributed by atoms with van der Waals surface area (Å²) in [6.07, 6.45) is 3.57. The summed E-state index contributed by atoms with van der Waals surface area (Å²) in [6.45, 7) is 4.50. The van der Waals surface area contributed by atoms with Gasteiger partial charge in [0.15, 0.2) is 4.34 Å². The van der Waals surface area contributed by atoms with Gasteiger partial charge in [-0.25, -0.2) is 0 Å². The number of carbonyl (C=O) groups is 1. The van der Waals surface area contributed by atoms with Gasteiger partial charge in [-0.05, 0) is 18.3 Å². The molecule has 0 saturated heterocycles. The topological polar surface area (TPSA) is 80.9 Å². The van der Waals surface area contributed by atoms with Gasteiger partial charge in [0.2, 0.25) is 11.0 Å². The predicted molar refractivity (Wildman–Crippen MR) is 79.2 cm³/mol. The number of nitrogen functional groups attached to an aromatic ring is 1. The van der Waals surface area contributed by atoms with Gasteiger partial charge in [-0.15, -0.1) is 10.2 Å². The molecule has 5 nitrogen and oxygen atoms in total. The van der Waals surface area contributed by atoms with Crippen LogP contribution in [0.15, 0.2) is 4.34 Å². The van der Waals surface area contributed by atoms with E-state index >= 15 is 0 Å². The molecule has 1 fully saturated rings. The quantitative estimate of drug-likeness (QED) is 0.833. The molecule has 1 aromatic rings. The van der Waals surface area contributed by atoms with Gasteiger partial charge >= 0.3 is 0 Å². The molecule has 1 heterocycles. The van der Waals surface area contributed by atoms with Gasteiger partial charge in [-0.2, -0.15) is 0 Å². The number of thioether (sulfide) groups is 1. The van der Waals surface area contributed by atoms with Gasteiger partial charge in [0, 0.05) is 6.04 Å². The van der Waals surface area contributed by atoms with Crippen LogP contribution in [0.5, 0.6) is 0 Å². The van der Waals surface area contributed by atoms with Crippen LogP contribution in [0.3, 0.4) is 0 Å². The van der Waals surface area contributed by atoms with Crippen LogP contribution in [0, 0.1) is 11.8 Å². The molecule has 1 aliphatic carbocycles. The molecule has 1 saturated carbocycles. The van der Waals surface area contributed by atoms with E-state index in [1.165, 1.54) is 35.9 Å². The molecule has 1 amide bonds. The van der Waals surface area contributed by atoms with Crippen molar-refractivity contribution in [3.05, 3.63) is 0 Å². The van der Waals surface area contributed by atoms with Crippen molar-refractivity contribution < 1.29 is 4.79 Å². The predicted octanol–water partition coefficient (Wildman–Crippen LogP) is 2.15. The first-order chi connectivity index (χ1) is 9.06. The molecule has 106 valence electrons. The Bertz CT molecular complexity index is 437. The van der Waals surface area contributed by atoms with Crippen molar-refractivity contribution in [2.75, 3.05) is 11.5 Å². The second-order valence-electron chi connectivity index (χ2n) is 5.14. The minimum atomic E-state index is 0.0738. The number of nitrogens with zero attached hydrogens (tertiary/aromatic N) is 2. The molecule has 3 N–H and O–H groups in total. The number of rotatable bonds is 4. The summed E-state index contributed by atoms with van der Waals surface area (Å²) in [5.74, 6) is 1.70. The molecule has 2 rings (SSSR count). The Labute approximate surface area is 121 Å². The molecule has 0 unspecified atom stereocenters. The fourth-order valence-electron chi connectivity index (χ4n) is 2.44. The first-order valence-corrected chi connectivity index (χ1v) is 8.37. The fourth-order valence-corrected chi connectivity index (χ4v) is 3.89. The van der Waals surface area contributed by atoms with E-state index < -0.39 is 0 Å². The average molecular weight is 300 g/mol. The zero-order valence-corrected chi connectivity index (χ0v) is 12.9. The summed E-state index contributed by atoms with van der Waals surface area (Å²) in [4.78, 5) is 11.9. The number of carbonyl (C=O) groups excluding carboxylic acids is 1. The van der Waals surface area contributed by atoms with Gasteiger partial charge in [0.05, 0.1) is 5.75 Å². The Morgan fingerprint density at radius 3 is 2.95 bits per heavy atom. The lowest BCUT2D eigenvalue weighted by atomic mass is 9.78. The maximum atomic E-state index is 11.9. The van der Waals surface area contributed by atoms with Crippen LogP contribution in [0.4, 0.5) is 5.13 Å². The molecule has 0 aliphatic heterocycles. The zero-order chi connectivity index (χ0) is 13.8. The van der Waals surface area contributed by atoms with Gasteiger partial charge < -0.3 is 11.1 Å². The van der Waals surface area contributed by atoms with Crippen LogP contribution in [-0.2, 0) is 4.79 Å². The Morgan fingerprint density at radius 1 is 1.47 bits per heavy atom. The summed E-state index contributed by atoms with van der Waals surface area (Å²) in [6, 6.07) is 0.316. The largest absolute Gasteiger partial charge is 0.374 e. The van der Waals surface area contributed by atoms with Crippen molar-refractivity contribution in [1.29, 1.82) is 0 Å². The molecule has 1 aliphatic rings. The Kier molecular flexibility index (Phi) is 5.04. The standard InChI is InChI=1S/C12H20N4OS2/c1-7-4-3-5-9(8(7)2)14-10(17)6-18-12-16-15-11(13)19-12/h7-9H,3-6H2,1-2H3,(H2,13,15)(H,14,17)/t7-,8-,9-/m1/s1. The molecule has 3 atom stereocenters. The lowest BCUT2D eigenvalue weighted by Crippen LogP contribution is -2.44. The third-order valence-electron chi connectivity index (χ3n) is 3.80. The lowest BCUT2D eigenvalue weighted by molar-refractivity contribution is -0.119. The van der Waals surface area contributed by atoms with Gasteiger partial charge in [-0.3, -0.25) is 4.79 Å². The third kappa shape index (κ3) is 4.07. The normalized spacial score (nSPS) is 27.2. The van der Waals surface area contributed by atoms with Crippen LogP contribution in [0.25, 0.3) is 0 Å². The molecule has 0 aromatic carbocycles. The number of hydrogen-bond acceptors (Lipinski definition) is 6. The van der Waals surface area contributed by atoms with Crippen molar-refractivity contribution >= 4 is 34.1 Å². The van der Waals surface area contributed by atoms with Crippen LogP contribution < -0.4 is 11.1 Å². The second-order valence-corrected chi connectivity index (χ2v) is 7.37. The summed E-state index contributed by atoms with van der Waals surface area (Å²) in [5, 5.41) is 11.2. The number of amides is 1. The Balaban J connectivity index is 1.77. The van der Waals surface area contributed by atoms with Crippen molar-refractivity contribution in [2.45, 2.75) is 43.5 Å². The van der Waals surface area contributed by atoms with E-state index in [1.54, 1.807) is 0 Å². The van der Waals surface area contributed by atoms with E-state index in [1.807, 2.05) is 0 Å². The summed E-state index contributed by atoms with van der Waals surface area (Å²) >= 11 is 2.71. The Hall–Kier alpha value is -0.820. The molecule has 1 aromatic heterocycles. The van der Waals surface area contributed by atoms with E-state index in [9.17, 15) is 4.79 Å². The fraction of sp³-hybridized carbons (Fsp3) is 0.750. The molecule has 0 spiro atoms. The first kappa shape index (κ1) is 14.6. The number of nitrogens with two attached hydrogens (primary N) is 1. The minimum absolute atomic E-state index is 0.0738. The lowest BCUT2D eigenvalue weighted by Gasteiger charge is -2.34. The van der Waals surface area contributed by atoms with Crippen LogP contribution >= 0.6 is 23.1 Å². The monoisotopic (exact) mass is 300 g/mol. The van der Waals surface area contributed by atoms with E-state index in [-0.39, 0.29) is 5.91 Å². The highest BCUT2D eigenvalue weighted by atomic mass is 32.2. The smallest absolute Gasteiger partial charge is 0.230 e. The van der Waals surface area contributed by atoms with E-state index in [0.29, 0.717) is 28.8 Å². The highest BCUT2D eigenvalue weighted by molar-refractivity contribution is 8.01. The summed E-state index contributed by atoms with van der Waals surface area (Å²) in [5.41, 5.74) is 5.50. The van der Waals surface area contributed by atoms with Crippen molar-refractivity contribution in [3.8, 4) is 0 Å². The number of hydrogen-bond donors (Lipinski definition) is 2. The molecular weight excluding hydrogens is 280 g/mol. The highest BCUT2D eigenvalue weighted by Gasteiger charge is 2.28. The van der Waals surface area contributed by atoms with Crippen LogP contribution in [0.1, 0.15) is 33.1 Å². The van der Waals surface area contributed by atoms with Crippen molar-refractivity contribution in [2.24, 2.45) is 11.8 Å². The minimum Gasteiger partial charge on any atom is -0.374 e. The van der Waals surface area contributed by atoms with Crippen LogP contribution in [-0.4, -0.2) is 27.9 Å². The third-order valence-corrected chi connectivity index (χ3v) is 5.69. The zero-order valence-electron chi connectivity index (χ0n) is 11.3. The van der Waals surface area contributed by atoms with Gasteiger partial charge in [0.1, 0.15) is 0 Å². The first-order valence-electron chi connectivity index (χ1n) is 6.57. The number of nitrogens with one attached hydrogen (secondary N) is 1. The second kappa shape index (κ2) is 6.56. The van der Waals surface area contributed by atoms with E-state index in [4.69, 9.17) is 5.73 Å². The van der Waals surface area contributed by atoms with E-state index in [0.717, 1.165) is 10.8 Å². The average Bonchev–Trinajstić information content (AvgIpc) is 2.78. The molecular formula is C12H20N4OS2. The van der Waals surface area contributed by atoms with Gasteiger partial charge in [-0.1, -0.05) is 49.8 Å². The Morgan fingerprint density at radius 2 is 2.26 bits per heavy atom.